The second-order valence-electron chi connectivity index (χ2n) is 7.38. The predicted molar refractivity (Wildman–Crippen MR) is 101 cm³/mol. The Hall–Kier alpha value is -1.33. The number of nitrogens with zero attached hydrogens (tertiary/aromatic N) is 1. The third kappa shape index (κ3) is 6.96. The summed E-state index contributed by atoms with van der Waals surface area (Å²) in [6.07, 6.45) is 8.85. The molecule has 1 nitrogen and oxygen atoms in total. The molecule has 0 saturated heterocycles. The number of hydrogen-bond acceptors (Lipinski definition) is 1. The highest BCUT2D eigenvalue weighted by Gasteiger charge is 2.29. The third-order valence-electron chi connectivity index (χ3n) is 4.85. The number of rotatable bonds is 13. The van der Waals surface area contributed by atoms with Crippen LogP contribution in [0.1, 0.15) is 78.6 Å². The van der Waals surface area contributed by atoms with Crippen LogP contribution in [-0.4, -0.2) is 13.1 Å². The zero-order valence-electron chi connectivity index (χ0n) is 16.7. The summed E-state index contributed by atoms with van der Waals surface area (Å²) in [6.45, 7) is 6.60. The van der Waals surface area contributed by atoms with Crippen molar-refractivity contribution in [3.8, 4) is 0 Å². The lowest BCUT2D eigenvalue weighted by Crippen LogP contribution is -2.32. The summed E-state index contributed by atoms with van der Waals surface area (Å²) in [5, 5.41) is 0. The van der Waals surface area contributed by atoms with Gasteiger partial charge in [-0.05, 0) is 18.8 Å². The van der Waals surface area contributed by atoms with Gasteiger partial charge in [0.15, 0.2) is 23.3 Å². The van der Waals surface area contributed by atoms with E-state index in [-0.39, 0.29) is 19.0 Å². The van der Waals surface area contributed by atoms with Gasteiger partial charge >= 0.3 is 0 Å². The molecule has 0 amide bonds. The standard InChI is InChI=1S/C21H32F5N/c1-4-6-7-8-9-10-11-13-27(14-15(3)12-5-2)21-19(25)17(23)16(22)18(24)20(21)26/h15H,4-14H2,1-3H3. The van der Waals surface area contributed by atoms with Crippen LogP contribution in [0.15, 0.2) is 0 Å². The first-order chi connectivity index (χ1) is 12.8. The fourth-order valence-electron chi connectivity index (χ4n) is 3.39. The fourth-order valence-corrected chi connectivity index (χ4v) is 3.39. The van der Waals surface area contributed by atoms with E-state index in [1.165, 1.54) is 11.3 Å². The van der Waals surface area contributed by atoms with Gasteiger partial charge in [0.1, 0.15) is 5.69 Å². The van der Waals surface area contributed by atoms with E-state index in [9.17, 15) is 22.0 Å². The molecule has 0 heterocycles. The van der Waals surface area contributed by atoms with E-state index in [0.29, 0.717) is 6.42 Å². The first-order valence-electron chi connectivity index (χ1n) is 10.1. The topological polar surface area (TPSA) is 3.24 Å². The molecule has 0 fully saturated rings. The highest BCUT2D eigenvalue weighted by atomic mass is 19.2. The lowest BCUT2D eigenvalue weighted by molar-refractivity contribution is 0.375. The van der Waals surface area contributed by atoms with E-state index in [4.69, 9.17) is 0 Å². The molecule has 27 heavy (non-hydrogen) atoms. The van der Waals surface area contributed by atoms with Crippen LogP contribution in [0.25, 0.3) is 0 Å². The van der Waals surface area contributed by atoms with Gasteiger partial charge < -0.3 is 4.90 Å². The molecule has 156 valence electrons. The van der Waals surface area contributed by atoms with E-state index < -0.39 is 34.8 Å². The van der Waals surface area contributed by atoms with E-state index in [0.717, 1.165) is 44.9 Å². The molecule has 0 aliphatic heterocycles. The minimum absolute atomic E-state index is 0.0922. The molecule has 1 atom stereocenters. The van der Waals surface area contributed by atoms with Crippen molar-refractivity contribution >= 4 is 5.69 Å². The number of hydrogen-bond donors (Lipinski definition) is 0. The van der Waals surface area contributed by atoms with E-state index in [2.05, 4.69) is 6.92 Å². The monoisotopic (exact) mass is 393 g/mol. The highest BCUT2D eigenvalue weighted by molar-refractivity contribution is 5.50. The minimum atomic E-state index is -2.11. The SMILES string of the molecule is CCCCCCCCCN(CC(C)CCC)c1c(F)c(F)c(F)c(F)c1F. The van der Waals surface area contributed by atoms with Crippen LogP contribution in [0.3, 0.4) is 0 Å². The van der Waals surface area contributed by atoms with Crippen LogP contribution in [0, 0.1) is 35.0 Å². The van der Waals surface area contributed by atoms with Gasteiger partial charge in [0.05, 0.1) is 0 Å². The number of benzene rings is 1. The molecule has 6 heteroatoms. The predicted octanol–water partition coefficient (Wildman–Crippen LogP) is 7.38. The second-order valence-corrected chi connectivity index (χ2v) is 7.38. The average molecular weight is 393 g/mol. The quantitative estimate of drug-likeness (QED) is 0.146. The molecule has 1 aromatic rings. The van der Waals surface area contributed by atoms with Gasteiger partial charge in [-0.3, -0.25) is 0 Å². The molecule has 1 aromatic carbocycles. The summed E-state index contributed by atoms with van der Waals surface area (Å²) >= 11 is 0. The summed E-state index contributed by atoms with van der Waals surface area (Å²) in [5.74, 6) is -9.25. The summed E-state index contributed by atoms with van der Waals surface area (Å²) in [4.78, 5) is 1.34. The lowest BCUT2D eigenvalue weighted by Gasteiger charge is -2.29. The Labute approximate surface area is 159 Å². The van der Waals surface area contributed by atoms with Crippen molar-refractivity contribution in [2.24, 2.45) is 5.92 Å². The van der Waals surface area contributed by atoms with Crippen molar-refractivity contribution in [2.75, 3.05) is 18.0 Å². The lowest BCUT2D eigenvalue weighted by atomic mass is 10.0. The van der Waals surface area contributed by atoms with Crippen LogP contribution in [0.5, 0.6) is 0 Å². The third-order valence-corrected chi connectivity index (χ3v) is 4.85. The Balaban J connectivity index is 2.89. The van der Waals surface area contributed by atoms with Crippen molar-refractivity contribution in [2.45, 2.75) is 78.6 Å². The Morgan fingerprint density at radius 3 is 1.67 bits per heavy atom. The number of anilines is 1. The van der Waals surface area contributed by atoms with Crippen molar-refractivity contribution in [1.82, 2.24) is 0 Å². The number of halogens is 5. The first-order valence-corrected chi connectivity index (χ1v) is 10.1. The van der Waals surface area contributed by atoms with Crippen molar-refractivity contribution in [3.05, 3.63) is 29.1 Å². The zero-order chi connectivity index (χ0) is 20.4. The Morgan fingerprint density at radius 2 is 1.15 bits per heavy atom. The molecule has 0 radical (unpaired) electrons. The van der Waals surface area contributed by atoms with Crippen molar-refractivity contribution in [1.29, 1.82) is 0 Å². The maximum Gasteiger partial charge on any atom is 0.200 e. The van der Waals surface area contributed by atoms with E-state index >= 15 is 0 Å². The van der Waals surface area contributed by atoms with Crippen LogP contribution in [0.4, 0.5) is 27.6 Å². The number of unbranched alkanes of at least 4 members (excludes halogenated alkanes) is 6. The Bertz CT molecular complexity index is 547. The summed E-state index contributed by atoms with van der Waals surface area (Å²) < 4.78 is 69.1. The maximum atomic E-state index is 14.2. The van der Waals surface area contributed by atoms with Gasteiger partial charge in [0, 0.05) is 13.1 Å². The summed E-state index contributed by atoms with van der Waals surface area (Å²) in [6, 6.07) is 0. The van der Waals surface area contributed by atoms with Gasteiger partial charge in [0.2, 0.25) is 5.82 Å². The smallest absolute Gasteiger partial charge is 0.200 e. The summed E-state index contributed by atoms with van der Waals surface area (Å²) in [7, 11) is 0. The van der Waals surface area contributed by atoms with Crippen LogP contribution >= 0.6 is 0 Å². The van der Waals surface area contributed by atoms with Gasteiger partial charge in [0.25, 0.3) is 0 Å². The molecular formula is C21H32F5N. The highest BCUT2D eigenvalue weighted by Crippen LogP contribution is 2.31. The molecule has 0 aliphatic rings. The van der Waals surface area contributed by atoms with Gasteiger partial charge in [-0.1, -0.05) is 65.7 Å². The first kappa shape index (κ1) is 23.7. The van der Waals surface area contributed by atoms with Crippen molar-refractivity contribution in [3.63, 3.8) is 0 Å². The van der Waals surface area contributed by atoms with Crippen molar-refractivity contribution < 1.29 is 22.0 Å². The Morgan fingerprint density at radius 1 is 0.667 bits per heavy atom. The molecule has 0 saturated carbocycles. The maximum absolute atomic E-state index is 14.2. The fraction of sp³-hybridized carbons (Fsp3) is 0.714. The molecule has 0 N–H and O–H groups in total. The summed E-state index contributed by atoms with van der Waals surface area (Å²) in [5.41, 5.74) is -0.791. The van der Waals surface area contributed by atoms with Gasteiger partial charge in [-0.2, -0.15) is 0 Å². The molecule has 1 rings (SSSR count). The molecular weight excluding hydrogens is 361 g/mol. The normalized spacial score (nSPS) is 12.4. The van der Waals surface area contributed by atoms with Gasteiger partial charge in [-0.25, -0.2) is 22.0 Å². The molecule has 1 unspecified atom stereocenters. The van der Waals surface area contributed by atoms with Crippen LogP contribution < -0.4 is 4.90 Å². The molecule has 0 aliphatic carbocycles. The largest absolute Gasteiger partial charge is 0.366 e. The zero-order valence-corrected chi connectivity index (χ0v) is 16.7. The Kier molecular flexibility index (Phi) is 10.7. The average Bonchev–Trinajstić information content (AvgIpc) is 2.64. The molecule has 0 aromatic heterocycles. The van der Waals surface area contributed by atoms with E-state index in [1.807, 2.05) is 13.8 Å². The minimum Gasteiger partial charge on any atom is -0.366 e. The second kappa shape index (κ2) is 12.2. The molecule has 0 bridgehead atoms. The van der Waals surface area contributed by atoms with Crippen LogP contribution in [-0.2, 0) is 0 Å². The molecule has 0 spiro atoms. The van der Waals surface area contributed by atoms with Gasteiger partial charge in [-0.15, -0.1) is 0 Å². The van der Waals surface area contributed by atoms with E-state index in [1.54, 1.807) is 0 Å². The van der Waals surface area contributed by atoms with Crippen LogP contribution in [0.2, 0.25) is 0 Å².